The van der Waals surface area contributed by atoms with Crippen molar-refractivity contribution in [2.45, 2.75) is 87.3 Å². The van der Waals surface area contributed by atoms with Gasteiger partial charge in [-0.25, -0.2) is 0 Å². The van der Waals surface area contributed by atoms with Crippen LogP contribution >= 0.6 is 11.3 Å². The maximum Gasteiger partial charge on any atom is 0.220 e. The van der Waals surface area contributed by atoms with Crippen LogP contribution in [0.5, 0.6) is 0 Å². The standard InChI is InChI=1S/C22H30N2O3S/c25-18-3-5-20(23-18,13-17-2-1-7-28-17)6-4-19(26)24-21-9-15-8-16(10-21)12-22(27,11-15)14-21/h1-2,7,15-16,27H,3-6,8-14H2,(H,23,25)(H,24,26)/t15-,16+,20-,21?,22?/m1/s1. The van der Waals surface area contributed by atoms with Crippen LogP contribution in [0.1, 0.15) is 69.1 Å². The number of aliphatic hydroxyl groups is 1. The predicted octanol–water partition coefficient (Wildman–Crippen LogP) is 2.92. The number of carbonyl (C=O) groups is 2. The molecule has 6 rings (SSSR count). The lowest BCUT2D eigenvalue weighted by Crippen LogP contribution is -2.65. The van der Waals surface area contributed by atoms with Crippen molar-refractivity contribution in [1.29, 1.82) is 0 Å². The minimum atomic E-state index is -0.558. The highest BCUT2D eigenvalue weighted by molar-refractivity contribution is 7.09. The second-order valence-corrected chi connectivity index (χ2v) is 11.1. The molecule has 4 aliphatic carbocycles. The summed E-state index contributed by atoms with van der Waals surface area (Å²) in [6, 6.07) is 4.14. The average Bonchev–Trinajstić information content (AvgIpc) is 3.21. The molecule has 0 radical (unpaired) electrons. The molecule has 4 saturated carbocycles. The molecule has 2 amide bonds. The number of carbonyl (C=O) groups excluding carboxylic acids is 2. The summed E-state index contributed by atoms with van der Waals surface area (Å²) < 4.78 is 0. The molecule has 3 N–H and O–H groups in total. The van der Waals surface area contributed by atoms with Gasteiger partial charge in [0.2, 0.25) is 11.8 Å². The molecule has 4 bridgehead atoms. The SMILES string of the molecule is O=C(CC[C@@]1(Cc2cccs2)CCC(=O)N1)NC12C[C@@H]3C[C@@H](CC(O)(C3)C1)C2. The van der Waals surface area contributed by atoms with Gasteiger partial charge in [0.1, 0.15) is 0 Å². The van der Waals surface area contributed by atoms with E-state index in [1.54, 1.807) is 11.3 Å². The van der Waals surface area contributed by atoms with Gasteiger partial charge in [0.15, 0.2) is 0 Å². The van der Waals surface area contributed by atoms with Crippen LogP contribution in [0, 0.1) is 11.8 Å². The van der Waals surface area contributed by atoms with Crippen LogP contribution in [0.25, 0.3) is 0 Å². The Morgan fingerprint density at radius 1 is 1.29 bits per heavy atom. The molecular weight excluding hydrogens is 372 g/mol. The summed E-state index contributed by atoms with van der Waals surface area (Å²) in [6.07, 6.45) is 9.07. The molecule has 5 fully saturated rings. The lowest BCUT2D eigenvalue weighted by molar-refractivity contribution is -0.151. The lowest BCUT2D eigenvalue weighted by atomic mass is 9.51. The third-order valence-corrected chi connectivity index (χ3v) is 8.47. The maximum absolute atomic E-state index is 12.9. The molecule has 152 valence electrons. The summed E-state index contributed by atoms with van der Waals surface area (Å²) in [6.45, 7) is 0. The Morgan fingerprint density at radius 2 is 2.07 bits per heavy atom. The van der Waals surface area contributed by atoms with Gasteiger partial charge in [-0.15, -0.1) is 11.3 Å². The summed E-state index contributed by atoms with van der Waals surface area (Å²) in [5, 5.41) is 19.5. The minimum absolute atomic E-state index is 0.0808. The van der Waals surface area contributed by atoms with Crippen LogP contribution in [0.2, 0.25) is 0 Å². The molecule has 5 aliphatic rings. The van der Waals surface area contributed by atoms with Crippen molar-refractivity contribution in [3.63, 3.8) is 0 Å². The quantitative estimate of drug-likeness (QED) is 0.685. The highest BCUT2D eigenvalue weighted by atomic mass is 32.1. The van der Waals surface area contributed by atoms with Crippen LogP contribution in [-0.2, 0) is 16.0 Å². The predicted molar refractivity (Wildman–Crippen MR) is 108 cm³/mol. The van der Waals surface area contributed by atoms with E-state index in [-0.39, 0.29) is 22.9 Å². The number of hydrogen-bond acceptors (Lipinski definition) is 4. The van der Waals surface area contributed by atoms with Crippen molar-refractivity contribution in [2.75, 3.05) is 0 Å². The van der Waals surface area contributed by atoms with Gasteiger partial charge in [-0.2, -0.15) is 0 Å². The van der Waals surface area contributed by atoms with Gasteiger partial charge in [-0.05, 0) is 74.6 Å². The van der Waals surface area contributed by atoms with E-state index in [1.807, 2.05) is 6.07 Å². The van der Waals surface area contributed by atoms with Gasteiger partial charge in [-0.3, -0.25) is 9.59 Å². The van der Waals surface area contributed by atoms with Crippen LogP contribution < -0.4 is 10.6 Å². The Kier molecular flexibility index (Phi) is 4.36. The van der Waals surface area contributed by atoms with Crippen molar-refractivity contribution in [3.05, 3.63) is 22.4 Å². The van der Waals surface area contributed by atoms with Crippen LogP contribution in [0.3, 0.4) is 0 Å². The van der Waals surface area contributed by atoms with E-state index in [4.69, 9.17) is 0 Å². The number of rotatable bonds is 6. The maximum atomic E-state index is 12.9. The first-order chi connectivity index (χ1) is 13.4. The van der Waals surface area contributed by atoms with Crippen molar-refractivity contribution in [2.24, 2.45) is 11.8 Å². The molecule has 2 unspecified atom stereocenters. The van der Waals surface area contributed by atoms with E-state index in [9.17, 15) is 14.7 Å². The zero-order valence-electron chi connectivity index (χ0n) is 16.3. The summed E-state index contributed by atoms with van der Waals surface area (Å²) in [7, 11) is 0. The number of nitrogens with one attached hydrogen (secondary N) is 2. The normalized spacial score (nSPS) is 41.2. The van der Waals surface area contributed by atoms with Crippen molar-refractivity contribution < 1.29 is 14.7 Å². The zero-order valence-corrected chi connectivity index (χ0v) is 17.2. The molecule has 5 nitrogen and oxygen atoms in total. The fourth-order valence-corrected chi connectivity index (χ4v) is 7.85. The van der Waals surface area contributed by atoms with Crippen molar-refractivity contribution >= 4 is 23.2 Å². The topological polar surface area (TPSA) is 78.4 Å². The lowest BCUT2D eigenvalue weighted by Gasteiger charge is -2.60. The van der Waals surface area contributed by atoms with E-state index in [2.05, 4.69) is 22.1 Å². The molecular formula is C22H30N2O3S. The van der Waals surface area contributed by atoms with Crippen molar-refractivity contribution in [3.8, 4) is 0 Å². The van der Waals surface area contributed by atoms with Gasteiger partial charge < -0.3 is 15.7 Å². The Balaban J connectivity index is 1.23. The fraction of sp³-hybridized carbons (Fsp3) is 0.727. The van der Waals surface area contributed by atoms with E-state index < -0.39 is 5.60 Å². The first-order valence-electron chi connectivity index (χ1n) is 10.7. The van der Waals surface area contributed by atoms with E-state index in [0.717, 1.165) is 44.9 Å². The smallest absolute Gasteiger partial charge is 0.220 e. The largest absolute Gasteiger partial charge is 0.390 e. The summed E-state index contributed by atoms with van der Waals surface area (Å²) in [5.41, 5.74) is -1.05. The third-order valence-electron chi connectivity index (χ3n) is 7.59. The molecule has 1 aromatic heterocycles. The monoisotopic (exact) mass is 402 g/mol. The number of hydrogen-bond donors (Lipinski definition) is 3. The highest BCUT2D eigenvalue weighted by Gasteiger charge is 2.57. The second-order valence-electron chi connectivity index (χ2n) is 10.1. The fourth-order valence-electron chi connectivity index (χ4n) is 7.00. The molecule has 1 saturated heterocycles. The molecule has 0 aromatic carbocycles. The van der Waals surface area contributed by atoms with E-state index >= 15 is 0 Å². The first-order valence-corrected chi connectivity index (χ1v) is 11.6. The molecule has 6 heteroatoms. The minimum Gasteiger partial charge on any atom is -0.390 e. The van der Waals surface area contributed by atoms with Crippen LogP contribution in [-0.4, -0.2) is 33.6 Å². The van der Waals surface area contributed by atoms with Crippen LogP contribution in [0.4, 0.5) is 0 Å². The van der Waals surface area contributed by atoms with Gasteiger partial charge in [-0.1, -0.05) is 6.07 Å². The summed E-state index contributed by atoms with van der Waals surface area (Å²) >= 11 is 1.71. The zero-order chi connectivity index (χ0) is 19.4. The Hall–Kier alpha value is -1.40. The van der Waals surface area contributed by atoms with E-state index in [0.29, 0.717) is 31.1 Å². The molecule has 1 aromatic rings. The Labute approximate surface area is 170 Å². The van der Waals surface area contributed by atoms with E-state index in [1.165, 1.54) is 11.3 Å². The average molecular weight is 403 g/mol. The van der Waals surface area contributed by atoms with Gasteiger partial charge in [0, 0.05) is 35.2 Å². The molecule has 28 heavy (non-hydrogen) atoms. The van der Waals surface area contributed by atoms with Crippen molar-refractivity contribution in [1.82, 2.24) is 10.6 Å². The number of thiophene rings is 1. The highest BCUT2D eigenvalue weighted by Crippen LogP contribution is 2.57. The summed E-state index contributed by atoms with van der Waals surface area (Å²) in [5.74, 6) is 1.30. The Bertz CT molecular complexity index is 763. The Morgan fingerprint density at radius 3 is 2.68 bits per heavy atom. The molecule has 2 heterocycles. The molecule has 1 aliphatic heterocycles. The molecule has 5 atom stereocenters. The second kappa shape index (κ2) is 6.56. The van der Waals surface area contributed by atoms with Crippen LogP contribution in [0.15, 0.2) is 17.5 Å². The van der Waals surface area contributed by atoms with Gasteiger partial charge in [0.05, 0.1) is 5.60 Å². The van der Waals surface area contributed by atoms with Gasteiger partial charge in [0.25, 0.3) is 0 Å². The summed E-state index contributed by atoms with van der Waals surface area (Å²) in [4.78, 5) is 26.1. The first kappa shape index (κ1) is 18.6. The number of amides is 2. The third kappa shape index (κ3) is 3.50. The van der Waals surface area contributed by atoms with Gasteiger partial charge >= 0.3 is 0 Å². The molecule has 0 spiro atoms.